The van der Waals surface area contributed by atoms with Gasteiger partial charge in [-0.2, -0.15) is 0 Å². The molecule has 11 heteroatoms. The third-order valence-electron chi connectivity index (χ3n) is 4.95. The van der Waals surface area contributed by atoms with Gasteiger partial charge in [0.25, 0.3) is 26.0 Å². The van der Waals surface area contributed by atoms with Crippen molar-refractivity contribution in [3.05, 3.63) is 114 Å². The van der Waals surface area contributed by atoms with Gasteiger partial charge >= 0.3 is 0 Å². The second-order valence-corrected chi connectivity index (χ2v) is 11.4. The molecule has 0 aliphatic rings. The molecule has 0 saturated carbocycles. The molecule has 8 nitrogen and oxygen atoms in total. The van der Waals surface area contributed by atoms with Crippen molar-refractivity contribution < 1.29 is 21.6 Å². The van der Waals surface area contributed by atoms with Crippen LogP contribution in [-0.4, -0.2) is 22.7 Å². The van der Waals surface area contributed by atoms with Gasteiger partial charge in [0.15, 0.2) is 0 Å². The smallest absolute Gasteiger partial charge is 0.261 e. The van der Waals surface area contributed by atoms with Crippen LogP contribution < -0.4 is 14.8 Å². The largest absolute Gasteiger partial charge is 0.322 e. The van der Waals surface area contributed by atoms with Gasteiger partial charge in [-0.3, -0.25) is 14.2 Å². The van der Waals surface area contributed by atoms with E-state index in [1.165, 1.54) is 54.6 Å². The third kappa shape index (κ3) is 6.22. The highest BCUT2D eigenvalue weighted by atomic mass is 35.5. The molecular formula is C25H20ClN3O5S2. The monoisotopic (exact) mass is 541 g/mol. The summed E-state index contributed by atoms with van der Waals surface area (Å²) in [4.78, 5) is 12.8. The zero-order chi connectivity index (χ0) is 25.8. The number of halogens is 1. The maximum Gasteiger partial charge on any atom is 0.261 e. The van der Waals surface area contributed by atoms with E-state index in [0.29, 0.717) is 16.4 Å². The zero-order valence-electron chi connectivity index (χ0n) is 18.6. The molecule has 0 fully saturated rings. The number of amides is 1. The quantitative estimate of drug-likeness (QED) is 0.283. The molecule has 1 amide bonds. The van der Waals surface area contributed by atoms with Crippen molar-refractivity contribution >= 4 is 54.6 Å². The number of anilines is 3. The van der Waals surface area contributed by atoms with Crippen LogP contribution in [0.3, 0.4) is 0 Å². The van der Waals surface area contributed by atoms with E-state index in [9.17, 15) is 21.6 Å². The molecule has 3 N–H and O–H groups in total. The third-order valence-corrected chi connectivity index (χ3v) is 8.00. The van der Waals surface area contributed by atoms with E-state index in [-0.39, 0.29) is 21.0 Å². The Morgan fingerprint density at radius 3 is 1.78 bits per heavy atom. The van der Waals surface area contributed by atoms with Gasteiger partial charge in [0.2, 0.25) is 0 Å². The Kier molecular flexibility index (Phi) is 7.30. The molecule has 0 spiro atoms. The molecule has 0 radical (unpaired) electrons. The molecule has 4 aromatic rings. The average Bonchev–Trinajstić information content (AvgIpc) is 2.86. The van der Waals surface area contributed by atoms with Crippen LogP contribution in [0.4, 0.5) is 17.1 Å². The molecular weight excluding hydrogens is 522 g/mol. The minimum atomic E-state index is -3.84. The molecule has 0 aliphatic heterocycles. The summed E-state index contributed by atoms with van der Waals surface area (Å²) in [5.74, 6) is -0.495. The number of rotatable bonds is 8. The topological polar surface area (TPSA) is 121 Å². The number of benzene rings is 4. The van der Waals surface area contributed by atoms with Gasteiger partial charge in [-0.05, 0) is 78.9 Å². The molecule has 0 aliphatic carbocycles. The highest BCUT2D eigenvalue weighted by Gasteiger charge is 2.16. The van der Waals surface area contributed by atoms with Crippen LogP contribution in [0.2, 0.25) is 5.02 Å². The van der Waals surface area contributed by atoms with Gasteiger partial charge in [0, 0.05) is 27.6 Å². The fraction of sp³-hybridized carbons (Fsp3) is 0. The Morgan fingerprint density at radius 1 is 0.583 bits per heavy atom. The summed E-state index contributed by atoms with van der Waals surface area (Å²) in [7, 11) is -7.65. The molecule has 0 heterocycles. The second kappa shape index (κ2) is 10.4. The van der Waals surface area contributed by atoms with E-state index >= 15 is 0 Å². The lowest BCUT2D eigenvalue weighted by molar-refractivity contribution is 0.102. The Morgan fingerprint density at radius 2 is 1.14 bits per heavy atom. The van der Waals surface area contributed by atoms with E-state index in [1.807, 2.05) is 0 Å². The van der Waals surface area contributed by atoms with E-state index in [2.05, 4.69) is 14.8 Å². The molecule has 4 aromatic carbocycles. The second-order valence-electron chi connectivity index (χ2n) is 7.59. The maximum atomic E-state index is 12.7. The summed E-state index contributed by atoms with van der Waals surface area (Å²) in [6.07, 6.45) is 0. The number of sulfonamides is 2. The maximum absolute atomic E-state index is 12.7. The number of carbonyl (C=O) groups is 1. The van der Waals surface area contributed by atoms with Crippen LogP contribution in [0.1, 0.15) is 10.4 Å². The lowest BCUT2D eigenvalue weighted by atomic mass is 10.2. The van der Waals surface area contributed by atoms with Gasteiger partial charge in [-0.25, -0.2) is 16.8 Å². The van der Waals surface area contributed by atoms with Gasteiger partial charge in [0.05, 0.1) is 9.79 Å². The number of hydrogen-bond acceptors (Lipinski definition) is 5. The van der Waals surface area contributed by atoms with E-state index in [0.717, 1.165) is 0 Å². The molecule has 4 rings (SSSR count). The molecule has 0 unspecified atom stereocenters. The predicted octanol–water partition coefficient (Wildman–Crippen LogP) is 5.19. The fourth-order valence-corrected chi connectivity index (χ4v) is 5.45. The normalized spacial score (nSPS) is 11.5. The molecule has 0 atom stereocenters. The van der Waals surface area contributed by atoms with Gasteiger partial charge in [-0.15, -0.1) is 0 Å². The highest BCUT2D eigenvalue weighted by Crippen LogP contribution is 2.21. The van der Waals surface area contributed by atoms with Crippen LogP contribution in [0.25, 0.3) is 0 Å². The van der Waals surface area contributed by atoms with Crippen molar-refractivity contribution in [2.24, 2.45) is 0 Å². The molecule has 0 bridgehead atoms. The van der Waals surface area contributed by atoms with Gasteiger partial charge in [0.1, 0.15) is 0 Å². The van der Waals surface area contributed by atoms with E-state index in [4.69, 9.17) is 11.6 Å². The van der Waals surface area contributed by atoms with Crippen LogP contribution in [0.5, 0.6) is 0 Å². The van der Waals surface area contributed by atoms with E-state index < -0.39 is 26.0 Å². The number of nitrogens with one attached hydrogen (secondary N) is 3. The summed E-state index contributed by atoms with van der Waals surface area (Å²) in [5, 5.41) is 3.15. The average molecular weight is 542 g/mol. The zero-order valence-corrected chi connectivity index (χ0v) is 20.9. The van der Waals surface area contributed by atoms with Crippen molar-refractivity contribution in [3.8, 4) is 0 Å². The molecule has 0 saturated heterocycles. The van der Waals surface area contributed by atoms with Crippen LogP contribution in [-0.2, 0) is 20.0 Å². The standard InChI is InChI=1S/C25H20ClN3O5S2/c26-19-9-11-21(12-10-19)28-36(33,34)24-15-13-20(14-16-24)27-25(30)18-5-4-6-22(17-18)29-35(31,32)23-7-2-1-3-8-23/h1-17,28-29H,(H,27,30). The van der Waals surface area contributed by atoms with Crippen molar-refractivity contribution in [2.75, 3.05) is 14.8 Å². The number of carbonyl (C=O) groups excluding carboxylic acids is 1. The fourth-order valence-electron chi connectivity index (χ4n) is 3.19. The summed E-state index contributed by atoms with van der Waals surface area (Å²) in [5.41, 5.74) is 1.16. The molecule has 184 valence electrons. The van der Waals surface area contributed by atoms with Crippen molar-refractivity contribution in [2.45, 2.75) is 9.79 Å². The summed E-state index contributed by atoms with van der Waals surface area (Å²) in [6, 6.07) is 25.7. The first-order valence-electron chi connectivity index (χ1n) is 10.5. The Balaban J connectivity index is 1.44. The first kappa shape index (κ1) is 25.2. The van der Waals surface area contributed by atoms with Crippen LogP contribution >= 0.6 is 11.6 Å². The number of hydrogen-bond donors (Lipinski definition) is 3. The van der Waals surface area contributed by atoms with E-state index in [1.54, 1.807) is 48.5 Å². The minimum Gasteiger partial charge on any atom is -0.322 e. The summed E-state index contributed by atoms with van der Waals surface area (Å²) < 4.78 is 55.2. The molecule has 36 heavy (non-hydrogen) atoms. The lowest BCUT2D eigenvalue weighted by Crippen LogP contribution is -2.15. The molecule has 0 aromatic heterocycles. The summed E-state index contributed by atoms with van der Waals surface area (Å²) >= 11 is 5.82. The predicted molar refractivity (Wildman–Crippen MR) is 140 cm³/mol. The Bertz CT molecular complexity index is 1590. The minimum absolute atomic E-state index is 0.00719. The van der Waals surface area contributed by atoms with Gasteiger partial charge in [-0.1, -0.05) is 35.9 Å². The van der Waals surface area contributed by atoms with Crippen molar-refractivity contribution in [3.63, 3.8) is 0 Å². The van der Waals surface area contributed by atoms with Crippen LogP contribution in [0.15, 0.2) is 113 Å². The SMILES string of the molecule is O=C(Nc1ccc(S(=O)(=O)Nc2ccc(Cl)cc2)cc1)c1cccc(NS(=O)(=O)c2ccccc2)c1. The Hall–Kier alpha value is -3.86. The lowest BCUT2D eigenvalue weighted by Gasteiger charge is -2.11. The van der Waals surface area contributed by atoms with Gasteiger partial charge < -0.3 is 5.32 Å². The van der Waals surface area contributed by atoms with Crippen LogP contribution in [0, 0.1) is 0 Å². The first-order valence-corrected chi connectivity index (χ1v) is 13.8. The summed E-state index contributed by atoms with van der Waals surface area (Å²) in [6.45, 7) is 0. The highest BCUT2D eigenvalue weighted by molar-refractivity contribution is 7.93. The Labute approximate surface area is 214 Å². The van der Waals surface area contributed by atoms with Crippen molar-refractivity contribution in [1.29, 1.82) is 0 Å². The van der Waals surface area contributed by atoms with Crippen molar-refractivity contribution in [1.82, 2.24) is 0 Å². The first-order chi connectivity index (χ1) is 17.1.